The highest BCUT2D eigenvalue weighted by atomic mass is 16.5. The first-order valence-electron chi connectivity index (χ1n) is 9.95. The number of aromatic nitrogens is 3. The zero-order valence-corrected chi connectivity index (χ0v) is 17.2. The zero-order valence-electron chi connectivity index (χ0n) is 17.2. The SMILES string of the molecule is CC(C)Oc1ncc(-c2nc(-c3ccc4c(c3)CCN(C(=O)O)CC4)no2)cc1C#N. The third kappa shape index (κ3) is 4.33. The van der Waals surface area contributed by atoms with Gasteiger partial charge in [-0.15, -0.1) is 0 Å². The molecule has 1 N–H and O–H groups in total. The van der Waals surface area contributed by atoms with Crippen LogP contribution in [-0.2, 0) is 12.8 Å². The first kappa shape index (κ1) is 20.3. The number of carbonyl (C=O) groups is 1. The molecule has 9 nitrogen and oxygen atoms in total. The third-order valence-electron chi connectivity index (χ3n) is 5.03. The van der Waals surface area contributed by atoms with E-state index in [-0.39, 0.29) is 17.9 Å². The normalized spacial score (nSPS) is 13.4. The molecule has 0 spiro atoms. The van der Waals surface area contributed by atoms with Gasteiger partial charge in [-0.25, -0.2) is 9.78 Å². The molecule has 3 heterocycles. The molecule has 0 saturated carbocycles. The Kier molecular flexibility index (Phi) is 5.54. The van der Waals surface area contributed by atoms with Crippen molar-refractivity contribution in [1.82, 2.24) is 20.0 Å². The summed E-state index contributed by atoms with van der Waals surface area (Å²) in [5.41, 5.74) is 3.80. The third-order valence-corrected chi connectivity index (χ3v) is 5.03. The first-order chi connectivity index (χ1) is 14.9. The van der Waals surface area contributed by atoms with Gasteiger partial charge in [0.25, 0.3) is 5.89 Å². The fourth-order valence-corrected chi connectivity index (χ4v) is 3.48. The second-order valence-corrected chi connectivity index (χ2v) is 7.53. The number of nitrogens with zero attached hydrogens (tertiary/aromatic N) is 5. The Morgan fingerprint density at radius 1 is 1.23 bits per heavy atom. The summed E-state index contributed by atoms with van der Waals surface area (Å²) >= 11 is 0. The molecule has 0 aliphatic carbocycles. The van der Waals surface area contributed by atoms with Crippen LogP contribution in [0.1, 0.15) is 30.5 Å². The molecule has 0 radical (unpaired) electrons. The highest BCUT2D eigenvalue weighted by Crippen LogP contribution is 2.27. The van der Waals surface area contributed by atoms with E-state index in [1.165, 1.54) is 11.1 Å². The Labute approximate surface area is 178 Å². The van der Waals surface area contributed by atoms with Crippen molar-refractivity contribution in [2.24, 2.45) is 0 Å². The fraction of sp³-hybridized carbons (Fsp3) is 0.318. The molecule has 0 saturated heterocycles. The van der Waals surface area contributed by atoms with Crippen LogP contribution < -0.4 is 4.74 Å². The quantitative estimate of drug-likeness (QED) is 0.681. The molecule has 9 heteroatoms. The maximum atomic E-state index is 11.3. The topological polar surface area (TPSA) is 125 Å². The van der Waals surface area contributed by atoms with E-state index in [9.17, 15) is 15.2 Å². The smallest absolute Gasteiger partial charge is 0.407 e. The Hall–Kier alpha value is -3.93. The standard InChI is InChI=1S/C22H21N5O4/c1-13(2)30-20-17(11-23)10-18(12-24-20)21-25-19(26-31-21)16-4-3-14-5-7-27(22(28)29)8-6-15(14)9-16/h3-4,9-10,12-13H,5-8H2,1-2H3,(H,28,29). The minimum atomic E-state index is -0.897. The molecule has 1 aromatic carbocycles. The number of rotatable bonds is 4. The van der Waals surface area contributed by atoms with Crippen molar-refractivity contribution in [2.75, 3.05) is 13.1 Å². The van der Waals surface area contributed by atoms with Crippen LogP contribution in [0.2, 0.25) is 0 Å². The van der Waals surface area contributed by atoms with E-state index >= 15 is 0 Å². The lowest BCUT2D eigenvalue weighted by molar-refractivity contribution is 0.147. The van der Waals surface area contributed by atoms with Crippen LogP contribution in [-0.4, -0.2) is 50.4 Å². The van der Waals surface area contributed by atoms with Crippen LogP contribution in [0.5, 0.6) is 5.88 Å². The number of ether oxygens (including phenoxy) is 1. The molecule has 1 aliphatic heterocycles. The number of fused-ring (bicyclic) bond motifs is 1. The maximum Gasteiger partial charge on any atom is 0.407 e. The van der Waals surface area contributed by atoms with E-state index < -0.39 is 6.09 Å². The van der Waals surface area contributed by atoms with Crippen LogP contribution in [0.4, 0.5) is 4.79 Å². The summed E-state index contributed by atoms with van der Waals surface area (Å²) in [7, 11) is 0. The lowest BCUT2D eigenvalue weighted by Crippen LogP contribution is -2.31. The highest BCUT2D eigenvalue weighted by molar-refractivity contribution is 5.66. The van der Waals surface area contributed by atoms with Gasteiger partial charge in [0.2, 0.25) is 11.7 Å². The summed E-state index contributed by atoms with van der Waals surface area (Å²) < 4.78 is 11.0. The lowest BCUT2D eigenvalue weighted by Gasteiger charge is -2.14. The molecule has 2 aromatic heterocycles. The van der Waals surface area contributed by atoms with Gasteiger partial charge in [0, 0.05) is 24.8 Å². The minimum Gasteiger partial charge on any atom is -0.474 e. The number of amides is 1. The highest BCUT2D eigenvalue weighted by Gasteiger charge is 2.19. The van der Waals surface area contributed by atoms with Crippen molar-refractivity contribution >= 4 is 6.09 Å². The predicted octanol–water partition coefficient (Wildman–Crippen LogP) is 3.54. The number of carboxylic acid groups (broad SMARTS) is 1. The predicted molar refractivity (Wildman–Crippen MR) is 110 cm³/mol. The first-order valence-corrected chi connectivity index (χ1v) is 9.95. The van der Waals surface area contributed by atoms with Crippen LogP contribution in [0, 0.1) is 11.3 Å². The van der Waals surface area contributed by atoms with Gasteiger partial charge in [0.05, 0.1) is 11.7 Å². The number of hydrogen-bond acceptors (Lipinski definition) is 7. The van der Waals surface area contributed by atoms with Crippen LogP contribution in [0.25, 0.3) is 22.8 Å². The van der Waals surface area contributed by atoms with Crippen molar-refractivity contribution in [2.45, 2.75) is 32.8 Å². The van der Waals surface area contributed by atoms with E-state index in [4.69, 9.17) is 9.26 Å². The number of hydrogen-bond donors (Lipinski definition) is 1. The second kappa shape index (κ2) is 8.44. The van der Waals surface area contributed by atoms with Crippen LogP contribution in [0.3, 0.4) is 0 Å². The number of pyridine rings is 1. The minimum absolute atomic E-state index is 0.101. The van der Waals surface area contributed by atoms with E-state index in [2.05, 4.69) is 21.2 Å². The van der Waals surface area contributed by atoms with Crippen molar-refractivity contribution in [3.8, 4) is 34.8 Å². The largest absolute Gasteiger partial charge is 0.474 e. The second-order valence-electron chi connectivity index (χ2n) is 7.53. The van der Waals surface area contributed by atoms with E-state index in [0.717, 1.165) is 16.7 Å². The Morgan fingerprint density at radius 2 is 2.00 bits per heavy atom. The molecule has 0 bridgehead atoms. The van der Waals surface area contributed by atoms with Gasteiger partial charge in [-0.05, 0) is 49.9 Å². The molecule has 0 atom stereocenters. The Bertz CT molecular complexity index is 1160. The summed E-state index contributed by atoms with van der Waals surface area (Å²) in [5.74, 6) is 0.933. The van der Waals surface area contributed by atoms with Gasteiger partial charge in [-0.1, -0.05) is 17.3 Å². The van der Waals surface area contributed by atoms with Gasteiger partial charge in [-0.2, -0.15) is 10.2 Å². The average molecular weight is 419 g/mol. The summed E-state index contributed by atoms with van der Waals surface area (Å²) in [6.45, 7) is 4.66. The molecule has 4 rings (SSSR count). The molecular formula is C22H21N5O4. The lowest BCUT2D eigenvalue weighted by atomic mass is 10.00. The summed E-state index contributed by atoms with van der Waals surface area (Å²) in [6.07, 6.45) is 1.84. The number of benzene rings is 1. The molecule has 0 unspecified atom stereocenters. The van der Waals surface area contributed by atoms with Gasteiger partial charge >= 0.3 is 6.09 Å². The van der Waals surface area contributed by atoms with Crippen molar-refractivity contribution < 1.29 is 19.2 Å². The van der Waals surface area contributed by atoms with Gasteiger partial charge in [0.15, 0.2) is 0 Å². The zero-order chi connectivity index (χ0) is 22.0. The fourth-order valence-electron chi connectivity index (χ4n) is 3.48. The van der Waals surface area contributed by atoms with Crippen LogP contribution in [0.15, 0.2) is 35.0 Å². The molecule has 3 aromatic rings. The van der Waals surface area contributed by atoms with Gasteiger partial charge < -0.3 is 19.3 Å². The molecular weight excluding hydrogens is 398 g/mol. The van der Waals surface area contributed by atoms with Gasteiger partial charge in [0.1, 0.15) is 11.6 Å². The molecule has 0 fully saturated rings. The Balaban J connectivity index is 1.59. The van der Waals surface area contributed by atoms with Crippen molar-refractivity contribution in [1.29, 1.82) is 5.26 Å². The maximum absolute atomic E-state index is 11.3. The number of nitriles is 1. The van der Waals surface area contributed by atoms with E-state index in [1.807, 2.05) is 32.0 Å². The summed E-state index contributed by atoms with van der Waals surface area (Å²) in [5, 5.41) is 22.7. The molecule has 1 aliphatic rings. The molecule has 1 amide bonds. The Morgan fingerprint density at radius 3 is 2.71 bits per heavy atom. The molecule has 31 heavy (non-hydrogen) atoms. The average Bonchev–Trinajstić information content (AvgIpc) is 3.14. The molecule has 158 valence electrons. The summed E-state index contributed by atoms with van der Waals surface area (Å²) in [4.78, 5) is 21.4. The van der Waals surface area contributed by atoms with Crippen LogP contribution >= 0.6 is 0 Å². The van der Waals surface area contributed by atoms with E-state index in [0.29, 0.717) is 42.9 Å². The van der Waals surface area contributed by atoms with E-state index in [1.54, 1.807) is 6.07 Å². The van der Waals surface area contributed by atoms with Crippen molar-refractivity contribution in [3.63, 3.8) is 0 Å². The van der Waals surface area contributed by atoms with Gasteiger partial charge in [-0.3, -0.25) is 0 Å². The van der Waals surface area contributed by atoms with Crippen molar-refractivity contribution in [3.05, 3.63) is 47.2 Å². The summed E-state index contributed by atoms with van der Waals surface area (Å²) in [6, 6.07) is 9.56. The monoisotopic (exact) mass is 419 g/mol.